The molecule has 0 saturated carbocycles. The van der Waals surface area contributed by atoms with Gasteiger partial charge in [0.25, 0.3) is 0 Å². The number of carbonyl (C=O) groups excluding carboxylic acids is 1. The number of nitrogens with two attached hydrogens (primary N) is 1. The summed E-state index contributed by atoms with van der Waals surface area (Å²) in [6.07, 6.45) is 1.03. The lowest BCUT2D eigenvalue weighted by molar-refractivity contribution is -0.116. The van der Waals surface area contributed by atoms with Crippen molar-refractivity contribution in [1.29, 1.82) is 0 Å². The van der Waals surface area contributed by atoms with E-state index >= 15 is 0 Å². The lowest BCUT2D eigenvalue weighted by atomic mass is 10.0. The van der Waals surface area contributed by atoms with Gasteiger partial charge in [-0.2, -0.15) is 0 Å². The summed E-state index contributed by atoms with van der Waals surface area (Å²) in [5, 5.41) is 12.0. The maximum absolute atomic E-state index is 11.0. The highest BCUT2D eigenvalue weighted by atomic mass is 35.5. The first kappa shape index (κ1) is 10.7. The number of nitrogen functional groups attached to an aromatic ring is 1. The zero-order valence-electron chi connectivity index (χ0n) is 7.41. The number of carbonyl (C=O) groups is 1. The number of phenolic OH excluding ortho intramolecular Hbond substituents is 1. The minimum atomic E-state index is -0.0756. The number of benzene rings is 1. The van der Waals surface area contributed by atoms with Crippen LogP contribution in [-0.4, -0.2) is 11.0 Å². The van der Waals surface area contributed by atoms with E-state index in [1.165, 1.54) is 6.07 Å². The lowest BCUT2D eigenvalue weighted by Crippen LogP contribution is -2.19. The Hall–Kier alpha value is -1.42. The second-order valence-corrected chi connectivity index (χ2v) is 3.08. The fourth-order valence-electron chi connectivity index (χ4n) is 1.50. The van der Waals surface area contributed by atoms with E-state index in [2.05, 4.69) is 5.32 Å². The molecule has 1 amide bonds. The maximum Gasteiger partial charge on any atom is 0.224 e. The minimum absolute atomic E-state index is 0. The van der Waals surface area contributed by atoms with Crippen LogP contribution in [0.4, 0.5) is 11.4 Å². The molecule has 4 nitrogen and oxygen atoms in total. The van der Waals surface area contributed by atoms with Crippen molar-refractivity contribution in [3.8, 4) is 5.75 Å². The van der Waals surface area contributed by atoms with Gasteiger partial charge in [0, 0.05) is 17.7 Å². The van der Waals surface area contributed by atoms with E-state index in [-0.39, 0.29) is 24.1 Å². The summed E-state index contributed by atoms with van der Waals surface area (Å²) in [4.78, 5) is 11.0. The second-order valence-electron chi connectivity index (χ2n) is 3.08. The molecule has 0 saturated heterocycles. The molecule has 0 spiro atoms. The molecule has 1 heterocycles. The van der Waals surface area contributed by atoms with Gasteiger partial charge < -0.3 is 16.2 Å². The molecular weight excluding hydrogens is 204 g/mol. The van der Waals surface area contributed by atoms with Gasteiger partial charge in [-0.1, -0.05) is 0 Å². The van der Waals surface area contributed by atoms with E-state index in [9.17, 15) is 9.90 Å². The maximum atomic E-state index is 11.0. The lowest BCUT2D eigenvalue weighted by Gasteiger charge is -2.19. The van der Waals surface area contributed by atoms with Gasteiger partial charge in [0.2, 0.25) is 5.91 Å². The van der Waals surface area contributed by atoms with Crippen LogP contribution in [0, 0.1) is 0 Å². The third-order valence-electron chi connectivity index (χ3n) is 2.19. The van der Waals surface area contributed by atoms with Crippen LogP contribution in [0.15, 0.2) is 12.1 Å². The molecule has 0 atom stereocenters. The van der Waals surface area contributed by atoms with Crippen LogP contribution in [0.5, 0.6) is 5.75 Å². The average molecular weight is 215 g/mol. The molecular formula is C9H11ClN2O2. The van der Waals surface area contributed by atoms with Crippen molar-refractivity contribution in [1.82, 2.24) is 0 Å². The Labute approximate surface area is 87.5 Å². The third-order valence-corrected chi connectivity index (χ3v) is 2.19. The molecule has 1 aliphatic heterocycles. The van der Waals surface area contributed by atoms with Gasteiger partial charge in [-0.3, -0.25) is 4.79 Å². The summed E-state index contributed by atoms with van der Waals surface area (Å²) in [7, 11) is 0. The van der Waals surface area contributed by atoms with Gasteiger partial charge in [-0.25, -0.2) is 0 Å². The van der Waals surface area contributed by atoms with Crippen molar-refractivity contribution in [3.63, 3.8) is 0 Å². The van der Waals surface area contributed by atoms with Crippen LogP contribution in [0.2, 0.25) is 0 Å². The summed E-state index contributed by atoms with van der Waals surface area (Å²) in [5.74, 6) is 0.00523. The van der Waals surface area contributed by atoms with Crippen molar-refractivity contribution < 1.29 is 9.90 Å². The fraction of sp³-hybridized carbons (Fsp3) is 0.222. The first-order valence-electron chi connectivity index (χ1n) is 4.08. The van der Waals surface area contributed by atoms with Crippen molar-refractivity contribution in [3.05, 3.63) is 17.7 Å². The van der Waals surface area contributed by atoms with Gasteiger partial charge in [0.1, 0.15) is 5.75 Å². The van der Waals surface area contributed by atoms with E-state index in [0.29, 0.717) is 24.2 Å². The topological polar surface area (TPSA) is 75.3 Å². The highest BCUT2D eigenvalue weighted by Gasteiger charge is 2.19. The highest BCUT2D eigenvalue weighted by molar-refractivity contribution is 5.97. The smallest absolute Gasteiger partial charge is 0.224 e. The Bertz CT molecular complexity index is 379. The van der Waals surface area contributed by atoms with E-state index in [0.717, 1.165) is 5.56 Å². The number of nitrogens with one attached hydrogen (secondary N) is 1. The zero-order valence-corrected chi connectivity index (χ0v) is 8.23. The molecule has 76 valence electrons. The number of halogens is 1. The summed E-state index contributed by atoms with van der Waals surface area (Å²) in [6.45, 7) is 0. The van der Waals surface area contributed by atoms with Gasteiger partial charge >= 0.3 is 0 Å². The van der Waals surface area contributed by atoms with Gasteiger partial charge in [-0.05, 0) is 18.6 Å². The monoisotopic (exact) mass is 214 g/mol. The third kappa shape index (κ3) is 1.61. The normalized spacial score (nSPS) is 13.9. The highest BCUT2D eigenvalue weighted by Crippen LogP contribution is 2.35. The van der Waals surface area contributed by atoms with E-state index in [1.54, 1.807) is 6.07 Å². The average Bonchev–Trinajstić information content (AvgIpc) is 2.12. The molecule has 0 fully saturated rings. The first-order valence-corrected chi connectivity index (χ1v) is 4.08. The van der Waals surface area contributed by atoms with Crippen molar-refractivity contribution in [2.24, 2.45) is 0 Å². The van der Waals surface area contributed by atoms with Crippen LogP contribution in [0.3, 0.4) is 0 Å². The molecule has 2 rings (SSSR count). The minimum Gasteiger partial charge on any atom is -0.506 e. The van der Waals surface area contributed by atoms with E-state index < -0.39 is 0 Å². The molecule has 14 heavy (non-hydrogen) atoms. The zero-order chi connectivity index (χ0) is 9.42. The fourth-order valence-corrected chi connectivity index (χ4v) is 1.50. The molecule has 0 bridgehead atoms. The van der Waals surface area contributed by atoms with Gasteiger partial charge in [0.15, 0.2) is 0 Å². The summed E-state index contributed by atoms with van der Waals surface area (Å²) < 4.78 is 0. The Morgan fingerprint density at radius 3 is 2.79 bits per heavy atom. The van der Waals surface area contributed by atoms with E-state index in [1.807, 2.05) is 0 Å². The molecule has 1 aromatic carbocycles. The number of amides is 1. The van der Waals surface area contributed by atoms with Crippen LogP contribution in [0.25, 0.3) is 0 Å². The number of hydrogen-bond donors (Lipinski definition) is 3. The Morgan fingerprint density at radius 2 is 2.07 bits per heavy atom. The van der Waals surface area contributed by atoms with Crippen molar-refractivity contribution in [2.75, 3.05) is 11.1 Å². The largest absolute Gasteiger partial charge is 0.506 e. The summed E-state index contributed by atoms with van der Waals surface area (Å²) >= 11 is 0. The quantitative estimate of drug-likeness (QED) is 0.346. The molecule has 0 unspecified atom stereocenters. The predicted molar refractivity (Wildman–Crippen MR) is 56.7 cm³/mol. The molecule has 1 aromatic rings. The number of rotatable bonds is 0. The van der Waals surface area contributed by atoms with Crippen LogP contribution in [0.1, 0.15) is 12.0 Å². The predicted octanol–water partition coefficient (Wildman–Crippen LogP) is 1.28. The van der Waals surface area contributed by atoms with Gasteiger partial charge in [-0.15, -0.1) is 12.4 Å². The Balaban J connectivity index is 0.000000980. The SMILES string of the molecule is Cl.Nc1ccc(O)c2c1CCC(=O)N2. The molecule has 1 aliphatic rings. The number of phenols is 1. The van der Waals surface area contributed by atoms with Crippen molar-refractivity contribution >= 4 is 29.7 Å². The van der Waals surface area contributed by atoms with Crippen LogP contribution in [-0.2, 0) is 11.2 Å². The Morgan fingerprint density at radius 1 is 1.36 bits per heavy atom. The first-order chi connectivity index (χ1) is 6.18. The molecule has 5 heteroatoms. The van der Waals surface area contributed by atoms with Crippen molar-refractivity contribution in [2.45, 2.75) is 12.8 Å². The second kappa shape index (κ2) is 3.75. The summed E-state index contributed by atoms with van der Waals surface area (Å²) in [6, 6.07) is 3.13. The standard InChI is InChI=1S/C9H10N2O2.ClH/c10-6-2-3-7(12)9-5(6)1-4-8(13)11-9;/h2-3,12H,1,4,10H2,(H,11,13);1H. The number of fused-ring (bicyclic) bond motifs is 1. The molecule has 0 aromatic heterocycles. The molecule has 0 aliphatic carbocycles. The molecule has 0 radical (unpaired) electrons. The number of aromatic hydroxyl groups is 1. The number of anilines is 2. The number of hydrogen-bond acceptors (Lipinski definition) is 3. The molecule has 4 N–H and O–H groups in total. The van der Waals surface area contributed by atoms with Crippen LogP contribution >= 0.6 is 12.4 Å². The Kier molecular flexibility index (Phi) is 2.86. The van der Waals surface area contributed by atoms with Gasteiger partial charge in [0.05, 0.1) is 5.69 Å². The van der Waals surface area contributed by atoms with E-state index in [4.69, 9.17) is 5.73 Å². The summed E-state index contributed by atoms with van der Waals surface area (Å²) in [5.41, 5.74) is 7.61. The van der Waals surface area contributed by atoms with Crippen LogP contribution < -0.4 is 11.1 Å².